The zero-order valence-electron chi connectivity index (χ0n) is 42.8. The van der Waals surface area contributed by atoms with E-state index in [0.29, 0.717) is 88.9 Å². The monoisotopic (exact) mass is 1050 g/mol. The van der Waals surface area contributed by atoms with Crippen LogP contribution in [0, 0.1) is 0 Å². The number of nitrogens with zero attached hydrogens (tertiary/aromatic N) is 7. The van der Waals surface area contributed by atoms with Crippen molar-refractivity contribution in [2.45, 2.75) is 82.5 Å². The maximum absolute atomic E-state index is 13.6. The second kappa shape index (κ2) is 25.5. The third-order valence-electron chi connectivity index (χ3n) is 14.4. The molecular formula is C55H68ClN11O8. The number of amides is 5. The standard InChI is InChI=1S/C55H67N11O8.ClH/c1-38(57-51(69)41-10-6-11-43(33-41)60-55(19-23-63(2)24-20-55)54-59-50(61-62-54)39-17-21-56-22-18-39)40-9-7-12-45(35-40)74-32-5-3-4-29-72-30-8-31-73-37-49(68)65-27-25-64(26-28-65)44-13-14-46-42(34-44)36-66(53(46)71)47-15-16-48(67)58-52(47)70;/h6-7,9-14,17-18,21-22,33-35,38,47,60H,3-5,8,15-16,19-20,23-32,36-37H2,1-2H3,(H,57,69)(H,58,67,70)(H,59,61,62);1H/t38-,47?;/m1./s1. The fourth-order valence-corrected chi connectivity index (χ4v) is 10.0. The molecular weight excluding hydrogens is 978 g/mol. The molecule has 75 heavy (non-hydrogen) atoms. The number of nitrogens with one attached hydrogen (secondary N) is 4. The predicted molar refractivity (Wildman–Crippen MR) is 285 cm³/mol. The van der Waals surface area contributed by atoms with Gasteiger partial charge >= 0.3 is 0 Å². The van der Waals surface area contributed by atoms with E-state index in [1.165, 1.54) is 0 Å². The van der Waals surface area contributed by atoms with Crippen LogP contribution < -0.4 is 25.6 Å². The number of rotatable bonds is 22. The number of hydrogen-bond acceptors (Lipinski definition) is 14. The Bertz CT molecular complexity index is 2760. The van der Waals surface area contributed by atoms with E-state index >= 15 is 0 Å². The molecule has 1 unspecified atom stereocenters. The number of unbranched alkanes of at least 4 members (excludes halogenated alkanes) is 2. The number of carbonyl (C=O) groups is 5. The summed E-state index contributed by atoms with van der Waals surface area (Å²) in [6.07, 6.45) is 9.08. The first-order valence-corrected chi connectivity index (χ1v) is 25.9. The summed E-state index contributed by atoms with van der Waals surface area (Å²) < 4.78 is 17.6. The zero-order chi connectivity index (χ0) is 51.4. The molecule has 0 spiro atoms. The summed E-state index contributed by atoms with van der Waals surface area (Å²) in [6.45, 7) is 8.75. The number of H-pyrrole nitrogens is 1. The molecule has 0 aliphatic carbocycles. The van der Waals surface area contributed by atoms with Gasteiger partial charge < -0.3 is 44.4 Å². The third-order valence-corrected chi connectivity index (χ3v) is 14.4. The molecule has 2 aromatic heterocycles. The zero-order valence-corrected chi connectivity index (χ0v) is 43.6. The molecule has 2 atom stereocenters. The largest absolute Gasteiger partial charge is 0.494 e. The van der Waals surface area contributed by atoms with Crippen molar-refractivity contribution in [1.82, 2.24) is 45.5 Å². The molecule has 3 saturated heterocycles. The normalized spacial score (nSPS) is 18.0. The number of piperazine rings is 1. The number of anilines is 2. The Balaban J connectivity index is 0.00000747. The highest BCUT2D eigenvalue weighted by atomic mass is 35.5. The number of halogens is 1. The number of pyridine rings is 1. The molecule has 0 radical (unpaired) electrons. The van der Waals surface area contributed by atoms with E-state index in [0.717, 1.165) is 84.8 Å². The number of benzene rings is 3. The van der Waals surface area contributed by atoms with Crippen LogP contribution in [0.4, 0.5) is 11.4 Å². The highest BCUT2D eigenvalue weighted by Gasteiger charge is 2.40. The maximum atomic E-state index is 13.6. The molecule has 4 aliphatic heterocycles. The van der Waals surface area contributed by atoms with Crippen LogP contribution in [0.15, 0.2) is 91.3 Å². The van der Waals surface area contributed by atoms with Gasteiger partial charge in [0.1, 0.15) is 18.4 Å². The molecule has 0 saturated carbocycles. The minimum Gasteiger partial charge on any atom is -0.494 e. The fraction of sp³-hybridized carbons (Fsp3) is 0.455. The predicted octanol–water partition coefficient (Wildman–Crippen LogP) is 5.89. The van der Waals surface area contributed by atoms with Gasteiger partial charge in [0.15, 0.2) is 11.6 Å². The van der Waals surface area contributed by atoms with Crippen molar-refractivity contribution >= 4 is 53.3 Å². The van der Waals surface area contributed by atoms with Gasteiger partial charge in [0, 0.05) is 113 Å². The first kappa shape index (κ1) is 54.3. The number of imide groups is 1. The Hall–Kier alpha value is -6.93. The van der Waals surface area contributed by atoms with Gasteiger partial charge in [-0.25, -0.2) is 4.98 Å². The highest BCUT2D eigenvalue weighted by Crippen LogP contribution is 2.36. The molecule has 5 amide bonds. The first-order valence-electron chi connectivity index (χ1n) is 25.9. The molecule has 3 aromatic carbocycles. The van der Waals surface area contributed by atoms with Crippen LogP contribution >= 0.6 is 12.4 Å². The summed E-state index contributed by atoms with van der Waals surface area (Å²) in [6, 6.07) is 24.1. The van der Waals surface area contributed by atoms with Gasteiger partial charge in [-0.3, -0.25) is 39.4 Å². The van der Waals surface area contributed by atoms with Gasteiger partial charge in [-0.05, 0) is 131 Å². The molecule has 4 N–H and O–H groups in total. The Morgan fingerprint density at radius 3 is 2.40 bits per heavy atom. The average molecular weight is 1050 g/mol. The van der Waals surface area contributed by atoms with Crippen molar-refractivity contribution < 1.29 is 38.2 Å². The minimum absolute atomic E-state index is 0. The van der Waals surface area contributed by atoms with E-state index in [2.05, 4.69) is 48.0 Å². The molecule has 4 aliphatic rings. The third kappa shape index (κ3) is 13.7. The van der Waals surface area contributed by atoms with Crippen LogP contribution in [-0.4, -0.2) is 150 Å². The topological polar surface area (TPSA) is 217 Å². The number of hydrogen-bond donors (Lipinski definition) is 4. The van der Waals surface area contributed by atoms with Crippen molar-refractivity contribution in [3.05, 3.63) is 119 Å². The Kier molecular flexibility index (Phi) is 18.5. The van der Waals surface area contributed by atoms with Crippen molar-refractivity contribution in [2.75, 3.05) is 89.6 Å². The Morgan fingerprint density at radius 1 is 0.840 bits per heavy atom. The van der Waals surface area contributed by atoms with E-state index in [1.807, 2.05) is 90.7 Å². The van der Waals surface area contributed by atoms with E-state index in [-0.39, 0.29) is 55.1 Å². The molecule has 6 heterocycles. The van der Waals surface area contributed by atoms with Gasteiger partial charge in [0.05, 0.1) is 18.2 Å². The van der Waals surface area contributed by atoms with Crippen molar-refractivity contribution in [3.8, 4) is 17.1 Å². The van der Waals surface area contributed by atoms with E-state index in [9.17, 15) is 24.0 Å². The summed E-state index contributed by atoms with van der Waals surface area (Å²) >= 11 is 0. The van der Waals surface area contributed by atoms with E-state index in [1.54, 1.807) is 17.3 Å². The van der Waals surface area contributed by atoms with Crippen molar-refractivity contribution in [1.29, 1.82) is 0 Å². The number of ether oxygens (including phenoxy) is 3. The lowest BCUT2D eigenvalue weighted by atomic mass is 9.86. The van der Waals surface area contributed by atoms with Gasteiger partial charge in [-0.1, -0.05) is 18.2 Å². The second-order valence-corrected chi connectivity index (χ2v) is 19.6. The summed E-state index contributed by atoms with van der Waals surface area (Å²) in [5.41, 5.74) is 5.16. The minimum atomic E-state index is -0.645. The lowest BCUT2D eigenvalue weighted by Crippen LogP contribution is -2.52. The number of piperidine rings is 2. The molecule has 9 rings (SSSR count). The Morgan fingerprint density at radius 2 is 1.60 bits per heavy atom. The molecule has 398 valence electrons. The van der Waals surface area contributed by atoms with Crippen LogP contribution in [-0.2, 0) is 35.9 Å². The van der Waals surface area contributed by atoms with Crippen LogP contribution in [0.5, 0.6) is 5.75 Å². The quantitative estimate of drug-likeness (QED) is 0.0470. The van der Waals surface area contributed by atoms with Crippen LogP contribution in [0.2, 0.25) is 0 Å². The molecule has 20 heteroatoms. The number of likely N-dealkylation sites (tertiary alicyclic amines) is 1. The van der Waals surface area contributed by atoms with Gasteiger partial charge in [-0.15, -0.1) is 12.4 Å². The van der Waals surface area contributed by atoms with Crippen LogP contribution in [0.3, 0.4) is 0 Å². The lowest BCUT2D eigenvalue weighted by Gasteiger charge is -2.40. The lowest BCUT2D eigenvalue weighted by molar-refractivity contribution is -0.137. The number of carbonyl (C=O) groups excluding carboxylic acids is 5. The van der Waals surface area contributed by atoms with Crippen LogP contribution in [0.1, 0.15) is 102 Å². The number of fused-ring (bicyclic) bond motifs is 1. The van der Waals surface area contributed by atoms with Gasteiger partial charge in [0.25, 0.3) is 11.8 Å². The highest BCUT2D eigenvalue weighted by molar-refractivity contribution is 6.05. The first-order chi connectivity index (χ1) is 36.0. The summed E-state index contributed by atoms with van der Waals surface area (Å²) in [7, 11) is 2.12. The average Bonchev–Trinajstić information content (AvgIpc) is 4.05. The van der Waals surface area contributed by atoms with Gasteiger partial charge in [-0.2, -0.15) is 5.10 Å². The maximum Gasteiger partial charge on any atom is 0.255 e. The second-order valence-electron chi connectivity index (χ2n) is 19.6. The summed E-state index contributed by atoms with van der Waals surface area (Å²) in [4.78, 5) is 80.6. The van der Waals surface area contributed by atoms with Crippen molar-refractivity contribution in [2.24, 2.45) is 0 Å². The summed E-state index contributed by atoms with van der Waals surface area (Å²) in [5, 5.41) is 17.0. The van der Waals surface area contributed by atoms with E-state index < -0.39 is 17.5 Å². The Labute approximate surface area is 443 Å². The molecule has 0 bridgehead atoms. The fourth-order valence-electron chi connectivity index (χ4n) is 10.0. The smallest absolute Gasteiger partial charge is 0.255 e. The summed E-state index contributed by atoms with van der Waals surface area (Å²) in [5.74, 6) is 1.02. The van der Waals surface area contributed by atoms with Gasteiger partial charge in [0.2, 0.25) is 17.7 Å². The van der Waals surface area contributed by atoms with Crippen molar-refractivity contribution in [3.63, 3.8) is 0 Å². The molecule has 3 fully saturated rings. The molecule has 19 nitrogen and oxygen atoms in total. The SMILES string of the molecule is C[C@@H](NC(=O)c1cccc(NC2(c3nc(-c4ccncc4)n[nH]3)CCN(C)CC2)c1)c1cccc(OCCCCCOCCCOCC(=O)N2CCN(c3ccc4c(c3)CN(C3CCC(=O)NC3=O)C4=O)CC2)c1.Cl. The number of aromatic amines is 1. The molecule has 5 aromatic rings. The van der Waals surface area contributed by atoms with Crippen LogP contribution in [0.25, 0.3) is 11.4 Å². The number of aromatic nitrogens is 4. The van der Waals surface area contributed by atoms with E-state index in [4.69, 9.17) is 19.2 Å².